The minimum atomic E-state index is -4.68. The highest BCUT2D eigenvalue weighted by Crippen LogP contribution is 2.27. The Kier molecular flexibility index (Phi) is 3.47. The van der Waals surface area contributed by atoms with E-state index in [4.69, 9.17) is 11.6 Å². The molecule has 0 atom stereocenters. The molecule has 0 aliphatic carbocycles. The Hall–Kier alpha value is -1.69. The van der Waals surface area contributed by atoms with Crippen LogP contribution in [0, 0.1) is 0 Å². The smallest absolute Gasteiger partial charge is 0.406 e. The van der Waals surface area contributed by atoms with Crippen LogP contribution in [0.5, 0.6) is 5.75 Å². The maximum atomic E-state index is 12.0. The Morgan fingerprint density at radius 3 is 2.44 bits per heavy atom. The summed E-state index contributed by atoms with van der Waals surface area (Å²) in [6, 6.07) is 5.46. The molecule has 0 unspecified atom stereocenters. The highest BCUT2D eigenvalue weighted by atomic mass is 35.5. The van der Waals surface area contributed by atoms with Gasteiger partial charge in [-0.25, -0.2) is 0 Å². The molecule has 2 rings (SSSR count). The number of hydrogen-bond acceptors (Lipinski definition) is 3. The Bertz CT molecular complexity index is 482. The minimum Gasteiger partial charge on any atom is -0.406 e. The third-order valence-corrected chi connectivity index (χ3v) is 2.49. The molecule has 1 heterocycles. The van der Waals surface area contributed by atoms with Crippen LogP contribution in [-0.2, 0) is 0 Å². The molecule has 7 heteroatoms. The first-order valence-corrected chi connectivity index (χ1v) is 5.34. The molecule has 1 aromatic rings. The van der Waals surface area contributed by atoms with Gasteiger partial charge in [0.1, 0.15) is 10.9 Å². The number of hydrogen-bond donors (Lipinski definition) is 0. The Morgan fingerprint density at radius 2 is 1.89 bits per heavy atom. The van der Waals surface area contributed by atoms with Gasteiger partial charge < -0.3 is 9.64 Å². The summed E-state index contributed by atoms with van der Waals surface area (Å²) in [6.45, 7) is 0.467. The molecule has 0 aromatic heterocycles. The number of ether oxygens (including phenoxy) is 1. The average molecular weight is 277 g/mol. The molecule has 1 aliphatic heterocycles. The standard InChI is InChI=1S/C11H8ClF3N2O/c12-10-7-16-5-6-17(10)8-1-3-9(4-2-8)18-11(13,14)15/h1-5,7H,6H2. The van der Waals surface area contributed by atoms with Gasteiger partial charge in [0.05, 0.1) is 12.7 Å². The first kappa shape index (κ1) is 12.8. The van der Waals surface area contributed by atoms with E-state index >= 15 is 0 Å². The first-order valence-electron chi connectivity index (χ1n) is 4.96. The lowest BCUT2D eigenvalue weighted by atomic mass is 10.2. The summed E-state index contributed by atoms with van der Waals surface area (Å²) in [5, 5.41) is 0.405. The zero-order valence-corrected chi connectivity index (χ0v) is 9.74. The molecule has 0 bridgehead atoms. The fourth-order valence-electron chi connectivity index (χ4n) is 1.46. The van der Waals surface area contributed by atoms with E-state index in [2.05, 4.69) is 9.73 Å². The van der Waals surface area contributed by atoms with Crippen molar-refractivity contribution >= 4 is 23.5 Å². The maximum absolute atomic E-state index is 12.0. The van der Waals surface area contributed by atoms with Gasteiger partial charge in [-0.05, 0) is 24.3 Å². The van der Waals surface area contributed by atoms with E-state index in [-0.39, 0.29) is 5.75 Å². The number of alkyl halides is 3. The number of rotatable bonds is 2. The Labute approximate surface area is 106 Å². The highest BCUT2D eigenvalue weighted by Gasteiger charge is 2.31. The molecule has 0 saturated heterocycles. The molecule has 1 aliphatic rings. The number of nitrogens with zero attached hydrogens (tertiary/aromatic N) is 2. The van der Waals surface area contributed by atoms with Crippen molar-refractivity contribution in [1.82, 2.24) is 0 Å². The summed E-state index contributed by atoms with van der Waals surface area (Å²) in [5.41, 5.74) is 0.664. The first-order chi connectivity index (χ1) is 8.46. The molecule has 0 radical (unpaired) electrons. The molecule has 3 nitrogen and oxygen atoms in total. The predicted molar refractivity (Wildman–Crippen MR) is 62.9 cm³/mol. The van der Waals surface area contributed by atoms with Gasteiger partial charge >= 0.3 is 6.36 Å². The second-order valence-corrected chi connectivity index (χ2v) is 3.82. The monoisotopic (exact) mass is 276 g/mol. The lowest BCUT2D eigenvalue weighted by molar-refractivity contribution is -0.274. The van der Waals surface area contributed by atoms with Gasteiger partial charge in [-0.15, -0.1) is 13.2 Å². The maximum Gasteiger partial charge on any atom is 0.573 e. The molecule has 0 amide bonds. The summed E-state index contributed by atoms with van der Waals surface area (Å²) < 4.78 is 39.7. The summed E-state index contributed by atoms with van der Waals surface area (Å²) in [4.78, 5) is 5.57. The van der Waals surface area contributed by atoms with Crippen molar-refractivity contribution in [3.8, 4) is 5.75 Å². The van der Waals surface area contributed by atoms with Crippen LogP contribution < -0.4 is 9.64 Å². The molecular weight excluding hydrogens is 269 g/mol. The molecule has 0 saturated carbocycles. The van der Waals surface area contributed by atoms with Crippen molar-refractivity contribution in [2.24, 2.45) is 4.99 Å². The van der Waals surface area contributed by atoms with Crippen molar-refractivity contribution < 1.29 is 17.9 Å². The van der Waals surface area contributed by atoms with Crippen LogP contribution in [0.25, 0.3) is 0 Å². The van der Waals surface area contributed by atoms with E-state index < -0.39 is 6.36 Å². The molecule has 1 aromatic carbocycles. The zero-order valence-electron chi connectivity index (χ0n) is 8.99. The van der Waals surface area contributed by atoms with Crippen LogP contribution >= 0.6 is 11.6 Å². The van der Waals surface area contributed by atoms with Crippen molar-refractivity contribution in [3.05, 3.63) is 35.6 Å². The van der Waals surface area contributed by atoms with Gasteiger partial charge in [0.25, 0.3) is 0 Å². The van der Waals surface area contributed by atoms with Crippen LogP contribution in [0.15, 0.2) is 40.6 Å². The second kappa shape index (κ2) is 4.89. The van der Waals surface area contributed by atoms with E-state index in [9.17, 15) is 13.2 Å². The van der Waals surface area contributed by atoms with E-state index in [1.807, 2.05) is 0 Å². The fraction of sp³-hybridized carbons (Fsp3) is 0.182. The van der Waals surface area contributed by atoms with Crippen molar-refractivity contribution in [3.63, 3.8) is 0 Å². The van der Waals surface area contributed by atoms with E-state index in [0.29, 0.717) is 17.4 Å². The van der Waals surface area contributed by atoms with Crippen molar-refractivity contribution in [2.45, 2.75) is 6.36 Å². The van der Waals surface area contributed by atoms with Crippen LogP contribution in [-0.4, -0.2) is 19.1 Å². The quantitative estimate of drug-likeness (QED) is 0.772. The van der Waals surface area contributed by atoms with E-state index in [1.165, 1.54) is 30.5 Å². The lowest BCUT2D eigenvalue weighted by Gasteiger charge is -2.23. The van der Waals surface area contributed by atoms with Crippen LogP contribution in [0.3, 0.4) is 0 Å². The average Bonchev–Trinajstić information content (AvgIpc) is 2.29. The van der Waals surface area contributed by atoms with Crippen LogP contribution in [0.1, 0.15) is 0 Å². The molecule has 0 N–H and O–H groups in total. The van der Waals surface area contributed by atoms with E-state index in [1.54, 1.807) is 11.1 Å². The number of anilines is 1. The Morgan fingerprint density at radius 1 is 1.22 bits per heavy atom. The van der Waals surface area contributed by atoms with Crippen molar-refractivity contribution in [1.29, 1.82) is 0 Å². The molecule has 18 heavy (non-hydrogen) atoms. The molecule has 96 valence electrons. The van der Waals surface area contributed by atoms with Gasteiger partial charge in [-0.1, -0.05) is 11.6 Å². The molecular formula is C11H8ClF3N2O. The number of benzene rings is 1. The number of halogens is 4. The second-order valence-electron chi connectivity index (χ2n) is 3.44. The van der Waals surface area contributed by atoms with Gasteiger partial charge in [-0.3, -0.25) is 4.99 Å². The molecule has 0 fully saturated rings. The minimum absolute atomic E-state index is 0.267. The highest BCUT2D eigenvalue weighted by molar-refractivity contribution is 6.31. The van der Waals surface area contributed by atoms with Gasteiger partial charge in [0, 0.05) is 11.9 Å². The van der Waals surface area contributed by atoms with E-state index in [0.717, 1.165) is 0 Å². The summed E-state index contributed by atoms with van der Waals surface area (Å²) in [6.07, 6.45) is -1.58. The van der Waals surface area contributed by atoms with Gasteiger partial charge in [0.2, 0.25) is 0 Å². The normalized spacial score (nSPS) is 15.6. The Balaban J connectivity index is 2.13. The van der Waals surface area contributed by atoms with Gasteiger partial charge in [-0.2, -0.15) is 0 Å². The fourth-order valence-corrected chi connectivity index (χ4v) is 1.68. The number of aliphatic imine (C=N–C) groups is 1. The lowest BCUT2D eigenvalue weighted by Crippen LogP contribution is -2.24. The molecule has 0 spiro atoms. The zero-order chi connectivity index (χ0) is 13.2. The van der Waals surface area contributed by atoms with Crippen molar-refractivity contribution in [2.75, 3.05) is 11.4 Å². The predicted octanol–water partition coefficient (Wildman–Crippen LogP) is 3.51. The topological polar surface area (TPSA) is 24.8 Å². The summed E-state index contributed by atoms with van der Waals surface area (Å²) >= 11 is 5.93. The third kappa shape index (κ3) is 3.16. The SMILES string of the molecule is FC(F)(F)Oc1ccc(N2CC=NC=C2Cl)cc1. The van der Waals surface area contributed by atoms with Gasteiger partial charge in [0.15, 0.2) is 0 Å². The van der Waals surface area contributed by atoms with Crippen LogP contribution in [0.4, 0.5) is 18.9 Å². The summed E-state index contributed by atoms with van der Waals surface area (Å²) in [7, 11) is 0. The largest absolute Gasteiger partial charge is 0.573 e. The summed E-state index contributed by atoms with van der Waals surface area (Å²) in [5.74, 6) is -0.267. The third-order valence-electron chi connectivity index (χ3n) is 2.19. The van der Waals surface area contributed by atoms with Crippen LogP contribution in [0.2, 0.25) is 0 Å².